The summed E-state index contributed by atoms with van der Waals surface area (Å²) in [7, 11) is 0. The second-order valence-corrected chi connectivity index (χ2v) is 4.04. The Balaban J connectivity index is 2.10. The molecule has 3 heteroatoms. The first kappa shape index (κ1) is 12.3. The van der Waals surface area contributed by atoms with Gasteiger partial charge in [-0.15, -0.1) is 0 Å². The SMILES string of the molecule is CCc1ccc(Oc2ccc(C(C)=O)cn2)cc1. The monoisotopic (exact) mass is 241 g/mol. The van der Waals surface area contributed by atoms with Crippen LogP contribution < -0.4 is 4.74 Å². The van der Waals surface area contributed by atoms with Crippen molar-refractivity contribution in [2.45, 2.75) is 20.3 Å². The number of aromatic nitrogens is 1. The topological polar surface area (TPSA) is 39.2 Å². The quantitative estimate of drug-likeness (QED) is 0.767. The van der Waals surface area contributed by atoms with Crippen LogP contribution in [0.3, 0.4) is 0 Å². The molecule has 0 aliphatic carbocycles. The lowest BCUT2D eigenvalue weighted by Crippen LogP contribution is -1.94. The fraction of sp³-hybridized carbons (Fsp3) is 0.200. The molecule has 0 unspecified atom stereocenters. The Hall–Kier alpha value is -2.16. The molecule has 18 heavy (non-hydrogen) atoms. The molecule has 0 radical (unpaired) electrons. The summed E-state index contributed by atoms with van der Waals surface area (Å²) >= 11 is 0. The number of nitrogens with zero attached hydrogens (tertiary/aromatic N) is 1. The van der Waals surface area contributed by atoms with Gasteiger partial charge in [0.15, 0.2) is 5.78 Å². The number of aryl methyl sites for hydroxylation is 1. The molecule has 0 saturated carbocycles. The second-order valence-electron chi connectivity index (χ2n) is 4.04. The zero-order valence-corrected chi connectivity index (χ0v) is 10.5. The Kier molecular flexibility index (Phi) is 3.72. The molecule has 1 aromatic heterocycles. The van der Waals surface area contributed by atoms with Crippen LogP contribution in [0.2, 0.25) is 0 Å². The molecule has 1 aromatic carbocycles. The highest BCUT2D eigenvalue weighted by Gasteiger charge is 2.02. The van der Waals surface area contributed by atoms with Crippen molar-refractivity contribution in [3.8, 4) is 11.6 Å². The first-order valence-electron chi connectivity index (χ1n) is 5.93. The maximum absolute atomic E-state index is 11.1. The van der Waals surface area contributed by atoms with E-state index < -0.39 is 0 Å². The van der Waals surface area contributed by atoms with Gasteiger partial charge in [-0.05, 0) is 37.1 Å². The van der Waals surface area contributed by atoms with E-state index in [1.54, 1.807) is 12.1 Å². The molecular formula is C15H15NO2. The second kappa shape index (κ2) is 5.45. The Morgan fingerprint density at radius 1 is 1.17 bits per heavy atom. The molecule has 0 aliphatic heterocycles. The maximum atomic E-state index is 11.1. The number of carbonyl (C=O) groups excluding carboxylic acids is 1. The van der Waals surface area contributed by atoms with Crippen LogP contribution in [-0.2, 0) is 6.42 Å². The van der Waals surface area contributed by atoms with Gasteiger partial charge in [0.2, 0.25) is 5.88 Å². The number of Topliss-reactive ketones (excluding diaryl/α,β-unsaturated/α-hetero) is 1. The summed E-state index contributed by atoms with van der Waals surface area (Å²) in [5.41, 5.74) is 1.85. The van der Waals surface area contributed by atoms with Crippen LogP contribution in [0.1, 0.15) is 29.8 Å². The van der Waals surface area contributed by atoms with Crippen LogP contribution in [0, 0.1) is 0 Å². The van der Waals surface area contributed by atoms with Gasteiger partial charge in [-0.1, -0.05) is 19.1 Å². The lowest BCUT2D eigenvalue weighted by molar-refractivity contribution is 0.101. The molecule has 0 fully saturated rings. The standard InChI is InChI=1S/C15H15NO2/c1-3-12-4-7-14(8-5-12)18-15-9-6-13(10-16-15)11(2)17/h4-10H,3H2,1-2H3. The third-order valence-corrected chi connectivity index (χ3v) is 2.70. The molecule has 0 spiro atoms. The van der Waals surface area contributed by atoms with E-state index in [0.717, 1.165) is 12.2 Å². The number of carbonyl (C=O) groups is 1. The number of pyridine rings is 1. The number of rotatable bonds is 4. The van der Waals surface area contributed by atoms with Gasteiger partial charge in [-0.3, -0.25) is 4.79 Å². The molecule has 0 amide bonds. The minimum absolute atomic E-state index is 0.00125. The lowest BCUT2D eigenvalue weighted by Gasteiger charge is -2.05. The average Bonchev–Trinajstić information content (AvgIpc) is 2.40. The van der Waals surface area contributed by atoms with Crippen molar-refractivity contribution in [1.29, 1.82) is 0 Å². The largest absolute Gasteiger partial charge is 0.439 e. The van der Waals surface area contributed by atoms with Gasteiger partial charge in [0.25, 0.3) is 0 Å². The van der Waals surface area contributed by atoms with Gasteiger partial charge in [-0.25, -0.2) is 4.98 Å². The fourth-order valence-corrected chi connectivity index (χ4v) is 1.56. The minimum Gasteiger partial charge on any atom is -0.439 e. The maximum Gasteiger partial charge on any atom is 0.219 e. The van der Waals surface area contributed by atoms with Gasteiger partial charge >= 0.3 is 0 Å². The molecule has 3 nitrogen and oxygen atoms in total. The number of hydrogen-bond donors (Lipinski definition) is 0. The van der Waals surface area contributed by atoms with Crippen LogP contribution in [0.5, 0.6) is 11.6 Å². The predicted molar refractivity (Wildman–Crippen MR) is 70.1 cm³/mol. The van der Waals surface area contributed by atoms with Crippen molar-refractivity contribution < 1.29 is 9.53 Å². The fourth-order valence-electron chi connectivity index (χ4n) is 1.56. The zero-order chi connectivity index (χ0) is 13.0. The van der Waals surface area contributed by atoms with Gasteiger partial charge in [-0.2, -0.15) is 0 Å². The normalized spacial score (nSPS) is 10.1. The first-order chi connectivity index (χ1) is 8.69. The highest BCUT2D eigenvalue weighted by Crippen LogP contribution is 2.20. The van der Waals surface area contributed by atoms with E-state index in [1.807, 2.05) is 24.3 Å². The van der Waals surface area contributed by atoms with E-state index in [2.05, 4.69) is 11.9 Å². The summed E-state index contributed by atoms with van der Waals surface area (Å²) in [6.07, 6.45) is 2.53. The molecule has 0 saturated heterocycles. The van der Waals surface area contributed by atoms with Gasteiger partial charge in [0.1, 0.15) is 5.75 Å². The summed E-state index contributed by atoms with van der Waals surface area (Å²) in [4.78, 5) is 15.2. The highest BCUT2D eigenvalue weighted by atomic mass is 16.5. The molecule has 0 aliphatic rings. The van der Waals surface area contributed by atoms with Gasteiger partial charge < -0.3 is 4.74 Å². The molecule has 2 rings (SSSR count). The van der Waals surface area contributed by atoms with E-state index in [1.165, 1.54) is 18.7 Å². The van der Waals surface area contributed by atoms with Crippen molar-refractivity contribution in [2.24, 2.45) is 0 Å². The number of ketones is 1. The Morgan fingerprint density at radius 3 is 2.39 bits per heavy atom. The van der Waals surface area contributed by atoms with Crippen LogP contribution in [0.4, 0.5) is 0 Å². The molecule has 0 N–H and O–H groups in total. The summed E-state index contributed by atoms with van der Waals surface area (Å²) in [5.74, 6) is 1.24. The highest BCUT2D eigenvalue weighted by molar-refractivity contribution is 5.93. The van der Waals surface area contributed by atoms with Crippen LogP contribution in [0.15, 0.2) is 42.6 Å². The molecule has 2 aromatic rings. The van der Waals surface area contributed by atoms with Crippen LogP contribution in [-0.4, -0.2) is 10.8 Å². The zero-order valence-electron chi connectivity index (χ0n) is 10.5. The third kappa shape index (κ3) is 2.94. The van der Waals surface area contributed by atoms with E-state index in [4.69, 9.17) is 4.74 Å². The summed E-state index contributed by atoms with van der Waals surface area (Å²) in [6.45, 7) is 3.62. The summed E-state index contributed by atoms with van der Waals surface area (Å²) in [6, 6.07) is 11.3. The van der Waals surface area contributed by atoms with Gasteiger partial charge in [0, 0.05) is 17.8 Å². The molecule has 1 heterocycles. The number of benzene rings is 1. The Labute approximate surface area is 106 Å². The van der Waals surface area contributed by atoms with Crippen LogP contribution >= 0.6 is 0 Å². The van der Waals surface area contributed by atoms with Gasteiger partial charge in [0.05, 0.1) is 0 Å². The Morgan fingerprint density at radius 2 is 1.89 bits per heavy atom. The average molecular weight is 241 g/mol. The first-order valence-corrected chi connectivity index (χ1v) is 5.93. The Bertz CT molecular complexity index is 529. The molecule has 0 atom stereocenters. The smallest absolute Gasteiger partial charge is 0.219 e. The molecule has 0 bridgehead atoms. The van der Waals surface area contributed by atoms with E-state index in [9.17, 15) is 4.79 Å². The van der Waals surface area contributed by atoms with E-state index in [0.29, 0.717) is 11.4 Å². The lowest BCUT2D eigenvalue weighted by atomic mass is 10.2. The predicted octanol–water partition coefficient (Wildman–Crippen LogP) is 3.64. The van der Waals surface area contributed by atoms with Crippen molar-refractivity contribution >= 4 is 5.78 Å². The van der Waals surface area contributed by atoms with Crippen molar-refractivity contribution in [3.05, 3.63) is 53.7 Å². The number of hydrogen-bond acceptors (Lipinski definition) is 3. The molecular weight excluding hydrogens is 226 g/mol. The van der Waals surface area contributed by atoms with E-state index in [-0.39, 0.29) is 5.78 Å². The minimum atomic E-state index is 0.00125. The van der Waals surface area contributed by atoms with Crippen molar-refractivity contribution in [3.63, 3.8) is 0 Å². The third-order valence-electron chi connectivity index (χ3n) is 2.70. The summed E-state index contributed by atoms with van der Waals surface area (Å²) in [5, 5.41) is 0. The van der Waals surface area contributed by atoms with Crippen molar-refractivity contribution in [1.82, 2.24) is 4.98 Å². The number of ether oxygens (including phenoxy) is 1. The van der Waals surface area contributed by atoms with E-state index >= 15 is 0 Å². The molecule has 92 valence electrons. The van der Waals surface area contributed by atoms with Crippen molar-refractivity contribution in [2.75, 3.05) is 0 Å². The summed E-state index contributed by atoms with van der Waals surface area (Å²) < 4.78 is 5.59. The van der Waals surface area contributed by atoms with Crippen LogP contribution in [0.25, 0.3) is 0 Å².